The molecule has 0 aliphatic carbocycles. The predicted molar refractivity (Wildman–Crippen MR) is 109 cm³/mol. The number of anilines is 1. The van der Waals surface area contributed by atoms with Gasteiger partial charge in [0.15, 0.2) is 5.60 Å². The molecule has 6 heteroatoms. The zero-order valence-corrected chi connectivity index (χ0v) is 17.9. The van der Waals surface area contributed by atoms with E-state index >= 15 is 0 Å². The fraction of sp³-hybridized carbons (Fsp3) is 0.636. The van der Waals surface area contributed by atoms with Crippen LogP contribution in [0.25, 0.3) is 0 Å². The average Bonchev–Trinajstić information content (AvgIpc) is 2.60. The van der Waals surface area contributed by atoms with Gasteiger partial charge in [-0.05, 0) is 65.5 Å². The van der Waals surface area contributed by atoms with Crippen LogP contribution in [0.4, 0.5) is 5.69 Å². The molecule has 156 valence electrons. The van der Waals surface area contributed by atoms with Crippen molar-refractivity contribution < 1.29 is 24.2 Å². The first-order chi connectivity index (χ1) is 12.9. The summed E-state index contributed by atoms with van der Waals surface area (Å²) in [5.41, 5.74) is 0.180. The van der Waals surface area contributed by atoms with Crippen molar-refractivity contribution in [2.24, 2.45) is 5.92 Å². The molecule has 1 saturated heterocycles. The van der Waals surface area contributed by atoms with Crippen LogP contribution in [0.1, 0.15) is 59.9 Å². The summed E-state index contributed by atoms with van der Waals surface area (Å²) in [6.07, 6.45) is 2.30. The molecular weight excluding hydrogens is 358 g/mol. The Morgan fingerprint density at radius 2 is 1.89 bits per heavy atom. The lowest BCUT2D eigenvalue weighted by Crippen LogP contribution is -2.43. The van der Waals surface area contributed by atoms with Crippen molar-refractivity contribution in [3.05, 3.63) is 23.8 Å². The molecule has 1 aromatic carbocycles. The van der Waals surface area contributed by atoms with E-state index in [1.807, 2.05) is 45.9 Å². The van der Waals surface area contributed by atoms with Crippen LogP contribution in [0.15, 0.2) is 18.2 Å². The van der Waals surface area contributed by atoms with E-state index in [0.29, 0.717) is 18.7 Å². The van der Waals surface area contributed by atoms with Gasteiger partial charge in [0.1, 0.15) is 11.4 Å². The minimum Gasteiger partial charge on any atom is -0.481 e. The highest BCUT2D eigenvalue weighted by molar-refractivity contribution is 5.79. The molecule has 2 rings (SSSR count). The SMILES string of the molecule is CCc1ccc(N2CCCC(C(=O)O)C2)cc1OC(C)(C)C(=O)OC(C)(C)C. The molecule has 28 heavy (non-hydrogen) atoms. The first-order valence-corrected chi connectivity index (χ1v) is 9.96. The van der Waals surface area contributed by atoms with Gasteiger partial charge < -0.3 is 19.5 Å². The number of carboxylic acid groups (broad SMARTS) is 1. The summed E-state index contributed by atoms with van der Waals surface area (Å²) >= 11 is 0. The van der Waals surface area contributed by atoms with Gasteiger partial charge in [0.05, 0.1) is 5.92 Å². The molecule has 1 N–H and O–H groups in total. The van der Waals surface area contributed by atoms with Crippen molar-refractivity contribution in [2.45, 2.75) is 72.0 Å². The van der Waals surface area contributed by atoms with E-state index in [2.05, 4.69) is 4.90 Å². The van der Waals surface area contributed by atoms with E-state index in [9.17, 15) is 14.7 Å². The fourth-order valence-corrected chi connectivity index (χ4v) is 3.26. The summed E-state index contributed by atoms with van der Waals surface area (Å²) in [6, 6.07) is 5.89. The first-order valence-electron chi connectivity index (χ1n) is 9.96. The Balaban J connectivity index is 2.25. The maximum absolute atomic E-state index is 12.6. The lowest BCUT2D eigenvalue weighted by Gasteiger charge is -2.34. The van der Waals surface area contributed by atoms with Crippen molar-refractivity contribution in [1.82, 2.24) is 0 Å². The topological polar surface area (TPSA) is 76.1 Å². The monoisotopic (exact) mass is 391 g/mol. The fourth-order valence-electron chi connectivity index (χ4n) is 3.26. The number of esters is 1. The molecule has 1 unspecified atom stereocenters. The third-order valence-corrected chi connectivity index (χ3v) is 4.82. The Hall–Kier alpha value is -2.24. The third-order valence-electron chi connectivity index (χ3n) is 4.82. The number of rotatable bonds is 6. The van der Waals surface area contributed by atoms with Gasteiger partial charge in [-0.1, -0.05) is 13.0 Å². The normalized spacial score (nSPS) is 17.9. The minimum absolute atomic E-state index is 0.359. The van der Waals surface area contributed by atoms with Crippen molar-refractivity contribution in [3.63, 3.8) is 0 Å². The van der Waals surface area contributed by atoms with E-state index in [0.717, 1.165) is 30.6 Å². The summed E-state index contributed by atoms with van der Waals surface area (Å²) in [5.74, 6) is -0.899. The second kappa shape index (κ2) is 8.41. The number of piperidine rings is 1. The maximum atomic E-state index is 12.6. The zero-order valence-electron chi connectivity index (χ0n) is 17.9. The number of nitrogens with zero attached hydrogens (tertiary/aromatic N) is 1. The van der Waals surface area contributed by atoms with Gasteiger partial charge >= 0.3 is 11.9 Å². The number of carboxylic acids is 1. The lowest BCUT2D eigenvalue weighted by molar-refractivity contribution is -0.171. The van der Waals surface area contributed by atoms with E-state index in [1.165, 1.54) is 0 Å². The summed E-state index contributed by atoms with van der Waals surface area (Å²) in [7, 11) is 0. The Morgan fingerprint density at radius 1 is 1.21 bits per heavy atom. The molecule has 0 aromatic heterocycles. The van der Waals surface area contributed by atoms with Crippen LogP contribution in [0, 0.1) is 5.92 Å². The van der Waals surface area contributed by atoms with Crippen LogP contribution < -0.4 is 9.64 Å². The Morgan fingerprint density at radius 3 is 2.46 bits per heavy atom. The molecule has 0 spiro atoms. The van der Waals surface area contributed by atoms with E-state index in [1.54, 1.807) is 13.8 Å². The number of aliphatic carboxylic acids is 1. The number of hydrogen-bond acceptors (Lipinski definition) is 5. The Bertz CT molecular complexity index is 720. The smallest absolute Gasteiger partial charge is 0.350 e. The number of carbonyl (C=O) groups is 2. The minimum atomic E-state index is -1.14. The molecule has 1 fully saturated rings. The Kier molecular flexibility index (Phi) is 6.63. The number of ether oxygens (including phenoxy) is 2. The van der Waals surface area contributed by atoms with Crippen molar-refractivity contribution in [1.29, 1.82) is 0 Å². The average molecular weight is 392 g/mol. The van der Waals surface area contributed by atoms with Crippen molar-refractivity contribution in [2.75, 3.05) is 18.0 Å². The molecule has 1 atom stereocenters. The second-order valence-electron chi connectivity index (χ2n) is 8.88. The van der Waals surface area contributed by atoms with Crippen LogP contribution in [-0.4, -0.2) is 41.3 Å². The summed E-state index contributed by atoms with van der Waals surface area (Å²) in [4.78, 5) is 26.0. The van der Waals surface area contributed by atoms with Crippen molar-refractivity contribution >= 4 is 17.6 Å². The van der Waals surface area contributed by atoms with Crippen LogP contribution in [0.5, 0.6) is 5.75 Å². The summed E-state index contributed by atoms with van der Waals surface area (Å²) < 4.78 is 11.6. The van der Waals surface area contributed by atoms with Gasteiger partial charge in [0.25, 0.3) is 0 Å². The standard InChI is InChI=1S/C22H33NO5/c1-7-15-10-11-17(23-12-8-9-16(14-23)19(24)25)13-18(15)27-22(5,6)20(26)28-21(2,3)4/h10-11,13,16H,7-9,12,14H2,1-6H3,(H,24,25). The summed E-state index contributed by atoms with van der Waals surface area (Å²) in [6.45, 7) is 12.2. The highest BCUT2D eigenvalue weighted by atomic mass is 16.6. The molecule has 0 saturated carbocycles. The quantitative estimate of drug-likeness (QED) is 0.738. The van der Waals surface area contributed by atoms with E-state index < -0.39 is 23.1 Å². The third kappa shape index (κ3) is 5.63. The molecule has 0 radical (unpaired) electrons. The molecule has 1 aliphatic heterocycles. The van der Waals surface area contributed by atoms with Gasteiger partial charge in [-0.3, -0.25) is 4.79 Å². The van der Waals surface area contributed by atoms with Crippen LogP contribution >= 0.6 is 0 Å². The molecule has 1 aliphatic rings. The van der Waals surface area contributed by atoms with Crippen LogP contribution in [0.3, 0.4) is 0 Å². The predicted octanol–water partition coefficient (Wildman–Crippen LogP) is 4.05. The molecular formula is C22H33NO5. The second-order valence-corrected chi connectivity index (χ2v) is 8.88. The van der Waals surface area contributed by atoms with E-state index in [4.69, 9.17) is 9.47 Å². The van der Waals surface area contributed by atoms with Gasteiger partial charge in [-0.25, -0.2) is 4.79 Å². The highest BCUT2D eigenvalue weighted by Crippen LogP contribution is 2.32. The molecule has 1 aromatic rings. The maximum Gasteiger partial charge on any atom is 0.350 e. The number of aryl methyl sites for hydroxylation is 1. The zero-order chi connectivity index (χ0) is 21.1. The van der Waals surface area contributed by atoms with Gasteiger partial charge in [-0.2, -0.15) is 0 Å². The molecule has 0 amide bonds. The first kappa shape index (κ1) is 22.1. The van der Waals surface area contributed by atoms with Gasteiger partial charge in [0, 0.05) is 24.8 Å². The van der Waals surface area contributed by atoms with Crippen LogP contribution in [-0.2, 0) is 20.7 Å². The summed E-state index contributed by atoms with van der Waals surface area (Å²) in [5, 5.41) is 9.34. The number of carbonyl (C=O) groups excluding carboxylic acids is 1. The molecule has 0 bridgehead atoms. The number of benzene rings is 1. The lowest BCUT2D eigenvalue weighted by atomic mass is 9.97. The molecule has 1 heterocycles. The molecule has 6 nitrogen and oxygen atoms in total. The van der Waals surface area contributed by atoms with Gasteiger partial charge in [0.2, 0.25) is 0 Å². The number of hydrogen-bond donors (Lipinski definition) is 1. The van der Waals surface area contributed by atoms with Gasteiger partial charge in [-0.15, -0.1) is 0 Å². The Labute approximate surface area is 167 Å². The highest BCUT2D eigenvalue weighted by Gasteiger charge is 2.35. The largest absolute Gasteiger partial charge is 0.481 e. The van der Waals surface area contributed by atoms with E-state index in [-0.39, 0.29) is 5.92 Å². The van der Waals surface area contributed by atoms with Crippen LogP contribution in [0.2, 0.25) is 0 Å². The van der Waals surface area contributed by atoms with Crippen molar-refractivity contribution in [3.8, 4) is 5.75 Å².